The molecular formula is C16H15BrClFN2O3S. The lowest BCUT2D eigenvalue weighted by atomic mass is 10.2. The third kappa shape index (κ3) is 5.69. The number of thiophene rings is 1. The number of rotatable bonds is 7. The van der Waals surface area contributed by atoms with Crippen LogP contribution in [0.15, 0.2) is 28.7 Å². The minimum atomic E-state index is -0.435. The first-order valence-corrected chi connectivity index (χ1v) is 9.30. The summed E-state index contributed by atoms with van der Waals surface area (Å²) in [5.41, 5.74) is 0.649. The van der Waals surface area contributed by atoms with Gasteiger partial charge >= 0.3 is 5.97 Å². The highest BCUT2D eigenvalue weighted by molar-refractivity contribution is 9.10. The van der Waals surface area contributed by atoms with E-state index in [0.717, 1.165) is 11.3 Å². The summed E-state index contributed by atoms with van der Waals surface area (Å²) >= 11 is 10.3. The van der Waals surface area contributed by atoms with Crippen LogP contribution in [0.2, 0.25) is 4.34 Å². The van der Waals surface area contributed by atoms with Gasteiger partial charge in [-0.15, -0.1) is 11.3 Å². The number of hydrogen-bond acceptors (Lipinski definition) is 5. The predicted octanol–water partition coefficient (Wildman–Crippen LogP) is 4.21. The standard InChI is InChI=1S/C16H15BrClFN2O3S/c1-2-24-14(22)8-21-16-11(6-13(18)25-16)15(23)20-7-9-3-4-10(17)5-12(9)19/h3-6,21H,2,7-8H2,1H3,(H,20,23). The first kappa shape index (κ1) is 19.7. The molecule has 0 aliphatic rings. The fourth-order valence-corrected chi connectivity index (χ4v) is 3.41. The van der Waals surface area contributed by atoms with Crippen molar-refractivity contribution in [3.63, 3.8) is 0 Å². The second-order valence-electron chi connectivity index (χ2n) is 4.87. The summed E-state index contributed by atoms with van der Waals surface area (Å²) in [6.07, 6.45) is 0. The molecule has 0 aliphatic carbocycles. The first-order chi connectivity index (χ1) is 11.9. The molecule has 9 heteroatoms. The van der Waals surface area contributed by atoms with Crippen molar-refractivity contribution in [2.24, 2.45) is 0 Å². The number of esters is 1. The molecule has 0 saturated carbocycles. The van der Waals surface area contributed by atoms with Crippen LogP contribution in [0.25, 0.3) is 0 Å². The number of halogens is 3. The average molecular weight is 450 g/mol. The molecule has 1 aromatic heterocycles. The Morgan fingerprint density at radius 2 is 2.12 bits per heavy atom. The van der Waals surface area contributed by atoms with Gasteiger partial charge in [0, 0.05) is 16.6 Å². The molecule has 0 radical (unpaired) electrons. The lowest BCUT2D eigenvalue weighted by Gasteiger charge is -2.09. The Morgan fingerprint density at radius 3 is 2.80 bits per heavy atom. The Kier molecular flexibility index (Phi) is 7.22. The fraction of sp³-hybridized carbons (Fsp3) is 0.250. The van der Waals surface area contributed by atoms with Crippen LogP contribution >= 0.6 is 38.9 Å². The van der Waals surface area contributed by atoms with Gasteiger partial charge in [0.2, 0.25) is 0 Å². The molecule has 1 aromatic carbocycles. The summed E-state index contributed by atoms with van der Waals surface area (Å²) in [7, 11) is 0. The molecule has 1 heterocycles. The highest BCUT2D eigenvalue weighted by Crippen LogP contribution is 2.31. The van der Waals surface area contributed by atoms with Crippen LogP contribution < -0.4 is 10.6 Å². The Balaban J connectivity index is 2.02. The number of benzene rings is 1. The van der Waals surface area contributed by atoms with Gasteiger partial charge in [0.1, 0.15) is 17.4 Å². The van der Waals surface area contributed by atoms with E-state index in [2.05, 4.69) is 26.6 Å². The SMILES string of the molecule is CCOC(=O)CNc1sc(Cl)cc1C(=O)NCc1ccc(Br)cc1F. The van der Waals surface area contributed by atoms with Gasteiger partial charge in [0.05, 0.1) is 16.5 Å². The topological polar surface area (TPSA) is 67.4 Å². The molecule has 0 unspecified atom stereocenters. The molecular weight excluding hydrogens is 435 g/mol. The molecule has 1 amide bonds. The molecule has 134 valence electrons. The van der Waals surface area contributed by atoms with Crippen molar-refractivity contribution >= 4 is 55.7 Å². The van der Waals surface area contributed by atoms with Gasteiger partial charge in [0.25, 0.3) is 5.91 Å². The molecule has 0 aliphatic heterocycles. The van der Waals surface area contributed by atoms with E-state index in [1.807, 2.05) is 0 Å². The Labute approximate surface area is 161 Å². The van der Waals surface area contributed by atoms with Crippen LogP contribution in [0.1, 0.15) is 22.8 Å². The molecule has 0 bridgehead atoms. The first-order valence-electron chi connectivity index (χ1n) is 7.31. The van der Waals surface area contributed by atoms with Crippen LogP contribution in [-0.4, -0.2) is 25.0 Å². The number of hydrogen-bond donors (Lipinski definition) is 2. The van der Waals surface area contributed by atoms with E-state index < -0.39 is 17.7 Å². The fourth-order valence-electron chi connectivity index (χ4n) is 1.96. The zero-order valence-electron chi connectivity index (χ0n) is 13.2. The van der Waals surface area contributed by atoms with E-state index in [-0.39, 0.29) is 25.3 Å². The lowest BCUT2D eigenvalue weighted by Crippen LogP contribution is -2.24. The average Bonchev–Trinajstić information content (AvgIpc) is 2.93. The van der Waals surface area contributed by atoms with E-state index in [4.69, 9.17) is 16.3 Å². The van der Waals surface area contributed by atoms with Gasteiger partial charge in [-0.05, 0) is 25.1 Å². The van der Waals surface area contributed by atoms with Gasteiger partial charge in [0.15, 0.2) is 0 Å². The molecule has 2 N–H and O–H groups in total. The summed E-state index contributed by atoms with van der Waals surface area (Å²) < 4.78 is 19.6. The normalized spacial score (nSPS) is 10.4. The van der Waals surface area contributed by atoms with Crippen molar-refractivity contribution in [2.45, 2.75) is 13.5 Å². The zero-order chi connectivity index (χ0) is 18.4. The molecule has 2 aromatic rings. The van der Waals surface area contributed by atoms with Gasteiger partial charge < -0.3 is 15.4 Å². The van der Waals surface area contributed by atoms with E-state index in [1.54, 1.807) is 19.1 Å². The van der Waals surface area contributed by atoms with E-state index in [9.17, 15) is 14.0 Å². The quantitative estimate of drug-likeness (QED) is 0.622. The van der Waals surface area contributed by atoms with E-state index in [1.165, 1.54) is 12.1 Å². The summed E-state index contributed by atoms with van der Waals surface area (Å²) in [5, 5.41) is 5.93. The van der Waals surface area contributed by atoms with Crippen LogP contribution in [0, 0.1) is 5.82 Å². The van der Waals surface area contributed by atoms with Gasteiger partial charge in [-0.25, -0.2) is 4.39 Å². The summed E-state index contributed by atoms with van der Waals surface area (Å²) in [6, 6.07) is 6.10. The van der Waals surface area contributed by atoms with Crippen molar-refractivity contribution in [1.82, 2.24) is 5.32 Å². The summed E-state index contributed by atoms with van der Waals surface area (Å²) in [4.78, 5) is 23.8. The molecule has 0 atom stereocenters. The Hall–Kier alpha value is -1.64. The molecule has 0 fully saturated rings. The van der Waals surface area contributed by atoms with Crippen molar-refractivity contribution < 1.29 is 18.7 Å². The van der Waals surface area contributed by atoms with Crippen molar-refractivity contribution in [2.75, 3.05) is 18.5 Å². The van der Waals surface area contributed by atoms with Crippen molar-refractivity contribution in [1.29, 1.82) is 0 Å². The van der Waals surface area contributed by atoms with E-state index in [0.29, 0.717) is 19.4 Å². The maximum absolute atomic E-state index is 13.8. The molecule has 0 saturated heterocycles. The molecule has 25 heavy (non-hydrogen) atoms. The van der Waals surface area contributed by atoms with Gasteiger partial charge in [-0.1, -0.05) is 33.6 Å². The second-order valence-corrected chi connectivity index (χ2v) is 7.47. The van der Waals surface area contributed by atoms with Crippen molar-refractivity contribution in [3.8, 4) is 0 Å². The van der Waals surface area contributed by atoms with Crippen LogP contribution in [-0.2, 0) is 16.1 Å². The Morgan fingerprint density at radius 1 is 1.36 bits per heavy atom. The minimum absolute atomic E-state index is 0.0305. The predicted molar refractivity (Wildman–Crippen MR) is 99.7 cm³/mol. The number of ether oxygens (including phenoxy) is 1. The zero-order valence-corrected chi connectivity index (χ0v) is 16.4. The number of carbonyl (C=O) groups is 2. The number of anilines is 1. The smallest absolute Gasteiger partial charge is 0.325 e. The maximum atomic E-state index is 13.8. The lowest BCUT2D eigenvalue weighted by molar-refractivity contribution is -0.140. The summed E-state index contributed by atoms with van der Waals surface area (Å²) in [5.74, 6) is -1.27. The van der Waals surface area contributed by atoms with Gasteiger partial charge in [-0.3, -0.25) is 9.59 Å². The monoisotopic (exact) mass is 448 g/mol. The van der Waals surface area contributed by atoms with Gasteiger partial charge in [-0.2, -0.15) is 0 Å². The minimum Gasteiger partial charge on any atom is -0.465 e. The molecule has 0 spiro atoms. The number of nitrogens with one attached hydrogen (secondary N) is 2. The van der Waals surface area contributed by atoms with Crippen LogP contribution in [0.3, 0.4) is 0 Å². The van der Waals surface area contributed by atoms with Crippen molar-refractivity contribution in [3.05, 3.63) is 50.0 Å². The van der Waals surface area contributed by atoms with Crippen LogP contribution in [0.4, 0.5) is 9.39 Å². The molecule has 2 rings (SSSR count). The summed E-state index contributed by atoms with van der Waals surface area (Å²) in [6.45, 7) is 1.94. The highest BCUT2D eigenvalue weighted by atomic mass is 79.9. The molecule has 5 nitrogen and oxygen atoms in total. The number of carbonyl (C=O) groups excluding carboxylic acids is 2. The third-order valence-corrected chi connectivity index (χ3v) is 4.81. The van der Waals surface area contributed by atoms with E-state index >= 15 is 0 Å². The largest absolute Gasteiger partial charge is 0.465 e. The third-order valence-electron chi connectivity index (χ3n) is 3.10. The van der Waals surface area contributed by atoms with Crippen LogP contribution in [0.5, 0.6) is 0 Å². The number of amides is 1. The highest BCUT2D eigenvalue weighted by Gasteiger charge is 2.17. The Bertz CT molecular complexity index is 785. The second kappa shape index (κ2) is 9.17. The maximum Gasteiger partial charge on any atom is 0.325 e.